The monoisotopic (exact) mass is 169 g/mol. The first-order valence-corrected chi connectivity index (χ1v) is 4.84. The summed E-state index contributed by atoms with van der Waals surface area (Å²) >= 11 is 0. The van der Waals surface area contributed by atoms with Crippen LogP contribution in [0.3, 0.4) is 0 Å². The molecule has 12 heavy (non-hydrogen) atoms. The Morgan fingerprint density at radius 2 is 2.33 bits per heavy atom. The molecule has 0 amide bonds. The van der Waals surface area contributed by atoms with E-state index in [-0.39, 0.29) is 0 Å². The van der Waals surface area contributed by atoms with Gasteiger partial charge >= 0.3 is 0 Å². The summed E-state index contributed by atoms with van der Waals surface area (Å²) in [6.45, 7) is 8.32. The highest BCUT2D eigenvalue weighted by Crippen LogP contribution is 2.13. The summed E-state index contributed by atoms with van der Waals surface area (Å²) in [4.78, 5) is 4.38. The molecule has 2 nitrogen and oxygen atoms in total. The molecule has 0 spiro atoms. The fourth-order valence-corrected chi connectivity index (χ4v) is 1.18. The van der Waals surface area contributed by atoms with Crippen molar-refractivity contribution in [2.45, 2.75) is 33.6 Å². The van der Waals surface area contributed by atoms with Crippen LogP contribution in [-0.2, 0) is 4.74 Å². The quantitative estimate of drug-likeness (QED) is 0.622. The van der Waals surface area contributed by atoms with Crippen LogP contribution in [0.4, 0.5) is 0 Å². The molecule has 1 heterocycles. The molecule has 1 aliphatic heterocycles. The van der Waals surface area contributed by atoms with Crippen molar-refractivity contribution in [2.24, 2.45) is 16.8 Å². The number of nitrogens with zero attached hydrogens (tertiary/aromatic N) is 1. The Hall–Kier alpha value is -0.530. The predicted molar refractivity (Wildman–Crippen MR) is 51.5 cm³/mol. The largest absolute Gasteiger partial charge is 0.481 e. The van der Waals surface area contributed by atoms with Gasteiger partial charge in [-0.1, -0.05) is 20.8 Å². The minimum atomic E-state index is 0.604. The van der Waals surface area contributed by atoms with E-state index >= 15 is 0 Å². The molecule has 0 aromatic rings. The second-order valence-corrected chi connectivity index (χ2v) is 4.08. The van der Waals surface area contributed by atoms with E-state index in [4.69, 9.17) is 4.74 Å². The first kappa shape index (κ1) is 9.56. The van der Waals surface area contributed by atoms with Crippen LogP contribution in [0, 0.1) is 11.8 Å². The number of hydrogen-bond acceptors (Lipinski definition) is 2. The van der Waals surface area contributed by atoms with Crippen LogP contribution in [0.2, 0.25) is 0 Å². The molecule has 70 valence electrons. The Bertz CT molecular complexity index is 163. The van der Waals surface area contributed by atoms with Crippen molar-refractivity contribution in [1.29, 1.82) is 0 Å². The Balaban J connectivity index is 2.24. The summed E-state index contributed by atoms with van der Waals surface area (Å²) < 4.78 is 5.54. The zero-order valence-electron chi connectivity index (χ0n) is 8.34. The summed E-state index contributed by atoms with van der Waals surface area (Å²) in [6.07, 6.45) is 2.27. The van der Waals surface area contributed by atoms with E-state index in [1.165, 1.54) is 6.42 Å². The van der Waals surface area contributed by atoms with Gasteiger partial charge in [0.05, 0.1) is 6.61 Å². The number of ether oxygens (including phenoxy) is 1. The van der Waals surface area contributed by atoms with Crippen LogP contribution in [0.25, 0.3) is 0 Å². The van der Waals surface area contributed by atoms with E-state index in [0.717, 1.165) is 31.4 Å². The molecule has 2 heteroatoms. The third kappa shape index (κ3) is 3.24. The van der Waals surface area contributed by atoms with Crippen molar-refractivity contribution >= 4 is 5.90 Å². The van der Waals surface area contributed by atoms with Gasteiger partial charge in [-0.3, -0.25) is 4.99 Å². The lowest BCUT2D eigenvalue weighted by Gasteiger charge is -2.18. The van der Waals surface area contributed by atoms with Gasteiger partial charge in [0.25, 0.3) is 0 Å². The number of hydrogen-bond donors (Lipinski definition) is 0. The molecule has 1 rings (SSSR count). The molecule has 0 aliphatic carbocycles. The molecule has 0 fully saturated rings. The number of aliphatic imine (C=N–C) groups is 1. The molecule has 0 aromatic carbocycles. The lowest BCUT2D eigenvalue weighted by molar-refractivity contribution is 0.243. The van der Waals surface area contributed by atoms with E-state index in [1.54, 1.807) is 0 Å². The van der Waals surface area contributed by atoms with E-state index in [9.17, 15) is 0 Å². The van der Waals surface area contributed by atoms with Crippen LogP contribution in [0.15, 0.2) is 4.99 Å². The van der Waals surface area contributed by atoms with Gasteiger partial charge in [0.1, 0.15) is 0 Å². The van der Waals surface area contributed by atoms with Gasteiger partial charge in [0.2, 0.25) is 0 Å². The van der Waals surface area contributed by atoms with E-state index < -0.39 is 0 Å². The summed E-state index contributed by atoms with van der Waals surface area (Å²) in [5, 5.41) is 0. The Morgan fingerprint density at radius 3 is 2.83 bits per heavy atom. The Morgan fingerprint density at radius 1 is 1.58 bits per heavy atom. The van der Waals surface area contributed by atoms with E-state index in [0.29, 0.717) is 5.92 Å². The van der Waals surface area contributed by atoms with Crippen LogP contribution in [0.5, 0.6) is 0 Å². The molecule has 1 atom stereocenters. The average Bonchev–Trinajstić information content (AvgIpc) is 2.03. The first-order chi connectivity index (χ1) is 5.68. The summed E-state index contributed by atoms with van der Waals surface area (Å²) in [7, 11) is 0. The molecular weight excluding hydrogens is 150 g/mol. The maximum Gasteiger partial charge on any atom is 0.183 e. The first-order valence-electron chi connectivity index (χ1n) is 4.84. The second kappa shape index (κ2) is 4.48. The Labute approximate surface area is 75.0 Å². The van der Waals surface area contributed by atoms with Gasteiger partial charge in [0, 0.05) is 13.0 Å². The fourth-order valence-electron chi connectivity index (χ4n) is 1.18. The highest BCUT2D eigenvalue weighted by atomic mass is 16.5. The number of rotatable bonds is 2. The van der Waals surface area contributed by atoms with Gasteiger partial charge in [0.15, 0.2) is 5.90 Å². The topological polar surface area (TPSA) is 21.6 Å². The molecular formula is C10H19NO. The molecule has 1 unspecified atom stereocenters. The standard InChI is InChI=1S/C10H19NO/c1-8(2)7-12-10-5-4-9(3)6-11-10/h8-9H,4-7H2,1-3H3. The maximum atomic E-state index is 5.54. The summed E-state index contributed by atoms with van der Waals surface area (Å²) in [5.41, 5.74) is 0. The van der Waals surface area contributed by atoms with Crippen LogP contribution < -0.4 is 0 Å². The normalized spacial score (nSPS) is 24.0. The van der Waals surface area contributed by atoms with Crippen molar-refractivity contribution < 1.29 is 4.74 Å². The van der Waals surface area contributed by atoms with Gasteiger partial charge in [-0.05, 0) is 18.3 Å². The fraction of sp³-hybridized carbons (Fsp3) is 0.900. The van der Waals surface area contributed by atoms with Crippen LogP contribution in [0.1, 0.15) is 33.6 Å². The summed E-state index contributed by atoms with van der Waals surface area (Å²) in [5.74, 6) is 2.32. The third-order valence-electron chi connectivity index (χ3n) is 2.01. The molecule has 0 aromatic heterocycles. The van der Waals surface area contributed by atoms with Crippen LogP contribution >= 0.6 is 0 Å². The van der Waals surface area contributed by atoms with Crippen molar-refractivity contribution in [1.82, 2.24) is 0 Å². The minimum absolute atomic E-state index is 0.604. The molecule has 0 bridgehead atoms. The molecule has 1 aliphatic rings. The van der Waals surface area contributed by atoms with Gasteiger partial charge < -0.3 is 4.74 Å². The third-order valence-corrected chi connectivity index (χ3v) is 2.01. The van der Waals surface area contributed by atoms with Crippen LogP contribution in [-0.4, -0.2) is 19.0 Å². The second-order valence-electron chi connectivity index (χ2n) is 4.08. The molecule has 0 saturated heterocycles. The predicted octanol–water partition coefficient (Wildman–Crippen LogP) is 2.49. The smallest absolute Gasteiger partial charge is 0.183 e. The summed E-state index contributed by atoms with van der Waals surface area (Å²) in [6, 6.07) is 0. The van der Waals surface area contributed by atoms with Gasteiger partial charge in [-0.2, -0.15) is 0 Å². The highest BCUT2D eigenvalue weighted by Gasteiger charge is 2.12. The average molecular weight is 169 g/mol. The zero-order valence-corrected chi connectivity index (χ0v) is 8.34. The SMILES string of the molecule is CC(C)COC1=NCC(C)CC1. The van der Waals surface area contributed by atoms with E-state index in [2.05, 4.69) is 25.8 Å². The lowest BCUT2D eigenvalue weighted by atomic mass is 10.0. The van der Waals surface area contributed by atoms with Crippen molar-refractivity contribution in [2.75, 3.05) is 13.2 Å². The van der Waals surface area contributed by atoms with Gasteiger partial charge in [-0.25, -0.2) is 0 Å². The molecule has 0 N–H and O–H groups in total. The minimum Gasteiger partial charge on any atom is -0.481 e. The maximum absolute atomic E-state index is 5.54. The molecule has 0 saturated carbocycles. The zero-order chi connectivity index (χ0) is 8.97. The van der Waals surface area contributed by atoms with Gasteiger partial charge in [-0.15, -0.1) is 0 Å². The van der Waals surface area contributed by atoms with Crippen molar-refractivity contribution in [3.8, 4) is 0 Å². The Kier molecular flexibility index (Phi) is 3.57. The lowest BCUT2D eigenvalue weighted by Crippen LogP contribution is -2.17. The van der Waals surface area contributed by atoms with E-state index in [1.807, 2.05) is 0 Å². The molecule has 0 radical (unpaired) electrons. The van der Waals surface area contributed by atoms with Crippen molar-refractivity contribution in [3.63, 3.8) is 0 Å². The van der Waals surface area contributed by atoms with Crippen molar-refractivity contribution in [3.05, 3.63) is 0 Å². The highest BCUT2D eigenvalue weighted by molar-refractivity contribution is 5.76.